The zero-order valence-corrected chi connectivity index (χ0v) is 10.8. The van der Waals surface area contributed by atoms with Crippen LogP contribution in [-0.4, -0.2) is 15.4 Å². The Kier molecular flexibility index (Phi) is 9.18. The number of hydrogen-bond acceptors (Lipinski definition) is 3. The summed E-state index contributed by atoms with van der Waals surface area (Å²) in [6.45, 7) is 0. The molecule has 0 aromatic heterocycles. The van der Waals surface area contributed by atoms with Gasteiger partial charge in [-0.2, -0.15) is 0 Å². The zero-order valence-electron chi connectivity index (χ0n) is 9.82. The minimum atomic E-state index is -3.13. The maximum Gasteiger partial charge on any atom is 0.314 e. The van der Waals surface area contributed by atoms with E-state index in [2.05, 4.69) is 0 Å². The SMILES string of the molecule is C1CCC1.NC1(N)CCCCC1.O=[PH](O)O. The molecule has 6 N–H and O–H groups in total. The molecule has 16 heavy (non-hydrogen) atoms. The molecule has 0 spiro atoms. The Morgan fingerprint density at radius 2 is 1.06 bits per heavy atom. The van der Waals surface area contributed by atoms with Gasteiger partial charge in [-0.3, -0.25) is 4.57 Å². The molecule has 0 atom stereocenters. The highest BCUT2D eigenvalue weighted by Gasteiger charge is 2.21. The monoisotopic (exact) mass is 252 g/mol. The fraction of sp³-hybridized carbons (Fsp3) is 1.00. The van der Waals surface area contributed by atoms with Crippen molar-refractivity contribution in [1.82, 2.24) is 0 Å². The summed E-state index contributed by atoms with van der Waals surface area (Å²) in [7, 11) is -3.13. The van der Waals surface area contributed by atoms with E-state index < -0.39 is 8.25 Å². The van der Waals surface area contributed by atoms with Crippen LogP contribution >= 0.6 is 8.25 Å². The fourth-order valence-electron chi connectivity index (χ4n) is 1.46. The molecule has 0 radical (unpaired) electrons. The van der Waals surface area contributed by atoms with Gasteiger partial charge in [-0.1, -0.05) is 44.9 Å². The first-order valence-corrected chi connectivity index (χ1v) is 7.24. The predicted octanol–water partition coefficient (Wildman–Crippen LogP) is 1.49. The smallest absolute Gasteiger partial charge is 0.314 e. The highest BCUT2D eigenvalue weighted by molar-refractivity contribution is 7.30. The molecule has 0 aromatic rings. The van der Waals surface area contributed by atoms with Gasteiger partial charge >= 0.3 is 8.25 Å². The molecule has 2 fully saturated rings. The Labute approximate surface area is 98.2 Å². The van der Waals surface area contributed by atoms with Crippen molar-refractivity contribution >= 4 is 8.25 Å². The Morgan fingerprint density at radius 3 is 1.19 bits per heavy atom. The zero-order chi connectivity index (χ0) is 12.4. The summed E-state index contributed by atoms with van der Waals surface area (Å²) in [6.07, 6.45) is 11.8. The van der Waals surface area contributed by atoms with Gasteiger partial charge in [-0.05, 0) is 12.8 Å². The lowest BCUT2D eigenvalue weighted by molar-refractivity contribution is 0.306. The summed E-state index contributed by atoms with van der Waals surface area (Å²) in [5.41, 5.74) is 11.0. The van der Waals surface area contributed by atoms with Gasteiger partial charge in [0.15, 0.2) is 0 Å². The number of rotatable bonds is 0. The molecule has 98 valence electrons. The topological polar surface area (TPSA) is 110 Å². The lowest BCUT2D eigenvalue weighted by Gasteiger charge is -2.28. The van der Waals surface area contributed by atoms with Crippen LogP contribution in [0.5, 0.6) is 0 Å². The highest BCUT2D eigenvalue weighted by Crippen LogP contribution is 2.20. The van der Waals surface area contributed by atoms with Crippen molar-refractivity contribution in [2.24, 2.45) is 11.5 Å². The van der Waals surface area contributed by atoms with E-state index in [1.165, 1.54) is 44.9 Å². The molecule has 2 aliphatic carbocycles. The van der Waals surface area contributed by atoms with Gasteiger partial charge in [0.1, 0.15) is 0 Å². The second-order valence-corrected chi connectivity index (χ2v) is 5.06. The van der Waals surface area contributed by atoms with Gasteiger partial charge in [-0.25, -0.2) is 0 Å². The van der Waals surface area contributed by atoms with Crippen LogP contribution in [-0.2, 0) is 4.57 Å². The summed E-state index contributed by atoms with van der Waals surface area (Å²) in [4.78, 5) is 14.3. The normalized spacial score (nSPS) is 22.1. The van der Waals surface area contributed by atoms with Gasteiger partial charge in [0, 0.05) is 0 Å². The molecule has 2 saturated carbocycles. The summed E-state index contributed by atoms with van der Waals surface area (Å²) < 4.78 is 8.74. The minimum absolute atomic E-state index is 0.321. The average Bonchev–Trinajstić information content (AvgIpc) is 1.98. The quantitative estimate of drug-likeness (QED) is 0.385. The van der Waals surface area contributed by atoms with Gasteiger partial charge in [-0.15, -0.1) is 0 Å². The lowest BCUT2D eigenvalue weighted by Crippen LogP contribution is -2.50. The van der Waals surface area contributed by atoms with Gasteiger partial charge in [0.2, 0.25) is 0 Å². The Balaban J connectivity index is 0.000000237. The maximum absolute atomic E-state index is 8.74. The van der Waals surface area contributed by atoms with E-state index in [0.29, 0.717) is 0 Å². The molecule has 6 heteroatoms. The van der Waals surface area contributed by atoms with E-state index in [1.807, 2.05) is 0 Å². The van der Waals surface area contributed by atoms with Crippen LogP contribution in [0.3, 0.4) is 0 Å². The Morgan fingerprint density at radius 1 is 0.812 bits per heavy atom. The number of hydrogen-bond donors (Lipinski definition) is 4. The van der Waals surface area contributed by atoms with Crippen molar-refractivity contribution in [2.45, 2.75) is 63.5 Å². The predicted molar refractivity (Wildman–Crippen MR) is 66.1 cm³/mol. The largest absolute Gasteiger partial charge is 0.326 e. The van der Waals surface area contributed by atoms with E-state index in [0.717, 1.165) is 12.8 Å². The van der Waals surface area contributed by atoms with Gasteiger partial charge in [0.25, 0.3) is 0 Å². The van der Waals surface area contributed by atoms with E-state index in [-0.39, 0.29) is 5.66 Å². The third-order valence-corrected chi connectivity index (χ3v) is 2.78. The maximum atomic E-state index is 8.74. The molecule has 2 rings (SSSR count). The van der Waals surface area contributed by atoms with Crippen LogP contribution in [0.15, 0.2) is 0 Å². The second-order valence-electron chi connectivity index (χ2n) is 4.49. The third-order valence-electron chi connectivity index (χ3n) is 2.78. The molecule has 0 aliphatic heterocycles. The van der Waals surface area contributed by atoms with E-state index in [4.69, 9.17) is 25.8 Å². The van der Waals surface area contributed by atoms with Crippen LogP contribution in [0.4, 0.5) is 0 Å². The van der Waals surface area contributed by atoms with Crippen LogP contribution in [0.25, 0.3) is 0 Å². The van der Waals surface area contributed by atoms with Gasteiger partial charge < -0.3 is 21.3 Å². The van der Waals surface area contributed by atoms with E-state index in [9.17, 15) is 0 Å². The molecule has 0 amide bonds. The minimum Gasteiger partial charge on any atom is -0.326 e. The molecular formula is C10H25N2O3P. The summed E-state index contributed by atoms with van der Waals surface area (Å²) >= 11 is 0. The Hall–Kier alpha value is 0.0700. The van der Waals surface area contributed by atoms with Crippen LogP contribution in [0.2, 0.25) is 0 Å². The van der Waals surface area contributed by atoms with Crippen molar-refractivity contribution in [3.8, 4) is 0 Å². The first-order chi connectivity index (χ1) is 7.44. The third kappa shape index (κ3) is 12.1. The van der Waals surface area contributed by atoms with Crippen molar-refractivity contribution in [3.63, 3.8) is 0 Å². The summed E-state index contributed by atoms with van der Waals surface area (Å²) in [5.74, 6) is 0. The molecule has 2 aliphatic rings. The molecule has 0 heterocycles. The molecule has 0 aromatic carbocycles. The van der Waals surface area contributed by atoms with Crippen LogP contribution in [0.1, 0.15) is 57.8 Å². The highest BCUT2D eigenvalue weighted by atomic mass is 31.1. The Bertz CT molecular complexity index is 181. The van der Waals surface area contributed by atoms with Crippen molar-refractivity contribution in [2.75, 3.05) is 0 Å². The standard InChI is InChI=1S/C6H14N2.C4H8.H3O3P/c7-6(8)4-2-1-3-5-6;1-2-4-3-1;1-4(2)3/h1-5,7-8H2;1-4H2;4H,(H2,1,2,3). The lowest BCUT2D eigenvalue weighted by atomic mass is 9.91. The number of nitrogens with two attached hydrogens (primary N) is 2. The first-order valence-electron chi connectivity index (χ1n) is 5.94. The first kappa shape index (κ1) is 16.1. The summed E-state index contributed by atoms with van der Waals surface area (Å²) in [5, 5.41) is 0. The molecule has 5 nitrogen and oxygen atoms in total. The van der Waals surface area contributed by atoms with E-state index >= 15 is 0 Å². The van der Waals surface area contributed by atoms with Crippen LogP contribution < -0.4 is 11.5 Å². The van der Waals surface area contributed by atoms with Crippen molar-refractivity contribution in [1.29, 1.82) is 0 Å². The van der Waals surface area contributed by atoms with Crippen molar-refractivity contribution < 1.29 is 14.4 Å². The molecular weight excluding hydrogens is 227 g/mol. The molecule has 0 bridgehead atoms. The summed E-state index contributed by atoms with van der Waals surface area (Å²) in [6, 6.07) is 0. The van der Waals surface area contributed by atoms with Gasteiger partial charge in [0.05, 0.1) is 5.66 Å². The second kappa shape index (κ2) is 9.14. The van der Waals surface area contributed by atoms with E-state index in [1.54, 1.807) is 0 Å². The van der Waals surface area contributed by atoms with Crippen LogP contribution in [0, 0.1) is 0 Å². The van der Waals surface area contributed by atoms with Crippen molar-refractivity contribution in [3.05, 3.63) is 0 Å². The fourth-order valence-corrected chi connectivity index (χ4v) is 1.46. The average molecular weight is 252 g/mol. The molecule has 0 unspecified atom stereocenters. The molecule has 0 saturated heterocycles.